The second kappa shape index (κ2) is 7.42. The fraction of sp³-hybridized carbons (Fsp3) is 0.529. The van der Waals surface area contributed by atoms with Crippen LogP contribution in [0.5, 0.6) is 0 Å². The van der Waals surface area contributed by atoms with Crippen molar-refractivity contribution in [2.75, 3.05) is 24.5 Å². The van der Waals surface area contributed by atoms with Crippen molar-refractivity contribution in [3.8, 4) is 11.4 Å². The van der Waals surface area contributed by atoms with Gasteiger partial charge in [0.05, 0.1) is 0 Å². The second-order valence-electron chi connectivity index (χ2n) is 6.46. The Morgan fingerprint density at radius 3 is 2.92 bits per heavy atom. The third kappa shape index (κ3) is 3.90. The first-order valence-electron chi connectivity index (χ1n) is 8.47. The fourth-order valence-electron chi connectivity index (χ4n) is 2.66. The normalized spacial score (nSPS) is 14.4. The molecule has 2 aromatic rings. The molecule has 0 atom stereocenters. The van der Waals surface area contributed by atoms with E-state index >= 15 is 0 Å². The molecule has 0 radical (unpaired) electrons. The molecule has 7 nitrogen and oxygen atoms in total. The molecule has 2 aromatic heterocycles. The highest BCUT2D eigenvalue weighted by atomic mass is 16.5. The van der Waals surface area contributed by atoms with Crippen LogP contribution in [0.2, 0.25) is 0 Å². The third-order valence-electron chi connectivity index (χ3n) is 4.06. The molecule has 1 N–H and O–H groups in total. The summed E-state index contributed by atoms with van der Waals surface area (Å²) in [6.45, 7) is 6.86. The Labute approximate surface area is 141 Å². The van der Waals surface area contributed by atoms with Crippen molar-refractivity contribution in [1.82, 2.24) is 20.4 Å². The minimum atomic E-state index is -0.330. The van der Waals surface area contributed by atoms with Crippen LogP contribution < -0.4 is 10.2 Å². The van der Waals surface area contributed by atoms with Gasteiger partial charge in [-0.3, -0.25) is 4.79 Å². The molecule has 0 aliphatic carbocycles. The smallest absolute Gasteiger partial charge is 0.316 e. The van der Waals surface area contributed by atoms with E-state index in [1.807, 2.05) is 12.1 Å². The highest BCUT2D eigenvalue weighted by Crippen LogP contribution is 2.23. The number of anilines is 1. The average molecular weight is 329 g/mol. The summed E-state index contributed by atoms with van der Waals surface area (Å²) in [5.41, 5.74) is 0.803. The number of carbonyl (C=O) groups excluding carboxylic acids is 1. The molecular formula is C17H23N5O2. The van der Waals surface area contributed by atoms with Crippen molar-refractivity contribution in [2.45, 2.75) is 33.1 Å². The molecule has 1 fully saturated rings. The minimum Gasteiger partial charge on any atom is -0.357 e. The summed E-state index contributed by atoms with van der Waals surface area (Å²) in [6.07, 6.45) is 5.03. The molecule has 0 bridgehead atoms. The number of hydrogen-bond acceptors (Lipinski definition) is 6. The Morgan fingerprint density at radius 2 is 2.17 bits per heavy atom. The van der Waals surface area contributed by atoms with Crippen LogP contribution in [0.15, 0.2) is 22.9 Å². The molecule has 3 heterocycles. The quantitative estimate of drug-likeness (QED) is 0.876. The van der Waals surface area contributed by atoms with Gasteiger partial charge in [-0.15, -0.1) is 0 Å². The fourth-order valence-corrected chi connectivity index (χ4v) is 2.66. The molecule has 0 aromatic carbocycles. The zero-order chi connectivity index (χ0) is 16.9. The predicted molar refractivity (Wildman–Crippen MR) is 90.8 cm³/mol. The highest BCUT2D eigenvalue weighted by Gasteiger charge is 2.18. The van der Waals surface area contributed by atoms with E-state index in [2.05, 4.69) is 39.2 Å². The number of hydrogen-bond donors (Lipinski definition) is 1. The average Bonchev–Trinajstić information content (AvgIpc) is 3.26. The van der Waals surface area contributed by atoms with Gasteiger partial charge in [-0.2, -0.15) is 4.98 Å². The molecule has 1 saturated heterocycles. The summed E-state index contributed by atoms with van der Waals surface area (Å²) >= 11 is 0. The summed E-state index contributed by atoms with van der Waals surface area (Å²) in [5.74, 6) is 1.52. The van der Waals surface area contributed by atoms with Gasteiger partial charge >= 0.3 is 11.8 Å². The Bertz CT molecular complexity index is 692. The molecule has 0 saturated carbocycles. The van der Waals surface area contributed by atoms with Crippen LogP contribution >= 0.6 is 0 Å². The zero-order valence-corrected chi connectivity index (χ0v) is 14.2. The van der Waals surface area contributed by atoms with Crippen LogP contribution in [-0.4, -0.2) is 40.7 Å². The first-order chi connectivity index (χ1) is 11.6. The summed E-state index contributed by atoms with van der Waals surface area (Å²) in [7, 11) is 0. The first-order valence-corrected chi connectivity index (χ1v) is 8.47. The van der Waals surface area contributed by atoms with Crippen molar-refractivity contribution in [1.29, 1.82) is 0 Å². The largest absolute Gasteiger partial charge is 0.357 e. The van der Waals surface area contributed by atoms with Gasteiger partial charge in [0.25, 0.3) is 0 Å². The van der Waals surface area contributed by atoms with Crippen molar-refractivity contribution in [3.63, 3.8) is 0 Å². The van der Waals surface area contributed by atoms with Gasteiger partial charge in [-0.05, 0) is 37.3 Å². The number of aromatic nitrogens is 3. The van der Waals surface area contributed by atoms with Crippen molar-refractivity contribution >= 4 is 11.7 Å². The SMILES string of the molecule is CC(C)CCNC(=O)c1nc(-c2ccnc(N3CCCC3)c2)no1. The van der Waals surface area contributed by atoms with Gasteiger partial charge in [0.15, 0.2) is 0 Å². The van der Waals surface area contributed by atoms with Crippen LogP contribution in [0.1, 0.15) is 43.8 Å². The molecule has 1 aliphatic rings. The Balaban J connectivity index is 1.68. The molecule has 24 heavy (non-hydrogen) atoms. The highest BCUT2D eigenvalue weighted by molar-refractivity contribution is 5.89. The lowest BCUT2D eigenvalue weighted by molar-refractivity contribution is 0.0908. The predicted octanol–water partition coefficient (Wildman–Crippen LogP) is 2.51. The molecule has 0 spiro atoms. The van der Waals surface area contributed by atoms with Gasteiger partial charge < -0.3 is 14.7 Å². The van der Waals surface area contributed by atoms with E-state index in [1.165, 1.54) is 12.8 Å². The summed E-state index contributed by atoms with van der Waals surface area (Å²) in [6, 6.07) is 3.77. The van der Waals surface area contributed by atoms with Gasteiger partial charge in [0.1, 0.15) is 5.82 Å². The van der Waals surface area contributed by atoms with Gasteiger partial charge in [-0.1, -0.05) is 19.0 Å². The van der Waals surface area contributed by atoms with Crippen molar-refractivity contribution < 1.29 is 9.32 Å². The standard InChI is InChI=1S/C17H23N5O2/c1-12(2)5-7-19-16(23)17-20-15(21-24-17)13-6-8-18-14(11-13)22-9-3-4-10-22/h6,8,11-12H,3-5,7,9-10H2,1-2H3,(H,19,23). The third-order valence-corrected chi connectivity index (χ3v) is 4.06. The molecule has 128 valence electrons. The van der Waals surface area contributed by atoms with Gasteiger partial charge in [0.2, 0.25) is 5.82 Å². The maximum Gasteiger partial charge on any atom is 0.316 e. The number of rotatable bonds is 6. The molecule has 1 aliphatic heterocycles. The van der Waals surface area contributed by atoms with Crippen LogP contribution in [0, 0.1) is 5.92 Å². The maximum absolute atomic E-state index is 12.0. The van der Waals surface area contributed by atoms with Crippen LogP contribution in [0.25, 0.3) is 11.4 Å². The monoisotopic (exact) mass is 329 g/mol. The lowest BCUT2D eigenvalue weighted by Crippen LogP contribution is -2.25. The van der Waals surface area contributed by atoms with Gasteiger partial charge in [0, 0.05) is 31.4 Å². The lowest BCUT2D eigenvalue weighted by atomic mass is 10.1. The second-order valence-corrected chi connectivity index (χ2v) is 6.46. The van der Waals surface area contributed by atoms with E-state index < -0.39 is 0 Å². The number of nitrogens with one attached hydrogen (secondary N) is 1. The topological polar surface area (TPSA) is 84.2 Å². The van der Waals surface area contributed by atoms with Crippen LogP contribution in [0.3, 0.4) is 0 Å². The Hall–Kier alpha value is -2.44. The Kier molecular flexibility index (Phi) is 5.08. The van der Waals surface area contributed by atoms with E-state index in [-0.39, 0.29) is 11.8 Å². The number of nitrogens with zero attached hydrogens (tertiary/aromatic N) is 4. The molecule has 1 amide bonds. The van der Waals surface area contributed by atoms with Crippen molar-refractivity contribution in [2.24, 2.45) is 5.92 Å². The minimum absolute atomic E-state index is 0.00621. The van der Waals surface area contributed by atoms with Crippen LogP contribution in [-0.2, 0) is 0 Å². The van der Waals surface area contributed by atoms with E-state index in [0.29, 0.717) is 18.3 Å². The number of carbonyl (C=O) groups is 1. The van der Waals surface area contributed by atoms with E-state index in [9.17, 15) is 4.79 Å². The van der Waals surface area contributed by atoms with Gasteiger partial charge in [-0.25, -0.2) is 4.98 Å². The molecular weight excluding hydrogens is 306 g/mol. The molecule has 7 heteroatoms. The van der Waals surface area contributed by atoms with E-state index in [4.69, 9.17) is 4.52 Å². The maximum atomic E-state index is 12.0. The van der Waals surface area contributed by atoms with E-state index in [1.54, 1.807) is 6.20 Å². The Morgan fingerprint density at radius 1 is 1.38 bits per heavy atom. The summed E-state index contributed by atoms with van der Waals surface area (Å²) < 4.78 is 5.10. The van der Waals surface area contributed by atoms with Crippen molar-refractivity contribution in [3.05, 3.63) is 24.2 Å². The molecule has 0 unspecified atom stereocenters. The number of pyridine rings is 1. The zero-order valence-electron chi connectivity index (χ0n) is 14.2. The first kappa shape index (κ1) is 16.4. The summed E-state index contributed by atoms with van der Waals surface area (Å²) in [4.78, 5) is 22.9. The lowest BCUT2D eigenvalue weighted by Gasteiger charge is -2.16. The van der Waals surface area contributed by atoms with E-state index in [0.717, 1.165) is 30.9 Å². The number of amides is 1. The summed E-state index contributed by atoms with van der Waals surface area (Å²) in [5, 5.41) is 6.72. The molecule has 3 rings (SSSR count). The van der Waals surface area contributed by atoms with Crippen LogP contribution in [0.4, 0.5) is 5.82 Å².